The number of hydrogen-bond donors (Lipinski definition) is 0. The van der Waals surface area contributed by atoms with Crippen LogP contribution in [-0.2, 0) is 12.8 Å². The maximum absolute atomic E-state index is 11.3. The Kier molecular flexibility index (Phi) is 5.43. The Morgan fingerprint density at radius 1 is 0.500 bits per heavy atom. The Morgan fingerprint density at radius 2 is 0.731 bits per heavy atom. The van der Waals surface area contributed by atoms with Gasteiger partial charge < -0.3 is 0 Å². The highest BCUT2D eigenvalue weighted by molar-refractivity contribution is 5.94. The molecule has 0 fully saturated rings. The normalized spacial score (nSPS) is 10.5. The number of carbonyl (C=O) groups is 2. The summed E-state index contributed by atoms with van der Waals surface area (Å²) in [5.41, 5.74) is 6.39. The van der Waals surface area contributed by atoms with Gasteiger partial charge in [0.2, 0.25) is 0 Å². The van der Waals surface area contributed by atoms with Gasteiger partial charge in [0.15, 0.2) is 11.6 Å². The molecular weight excluding hydrogens is 320 g/mol. The minimum Gasteiger partial charge on any atom is -0.295 e. The summed E-state index contributed by atoms with van der Waals surface area (Å²) in [4.78, 5) is 22.7. The monoisotopic (exact) mass is 342 g/mol. The molecule has 0 atom stereocenters. The van der Waals surface area contributed by atoms with Crippen LogP contribution in [0.2, 0.25) is 0 Å². The lowest BCUT2D eigenvalue weighted by Gasteiger charge is -2.06. The summed E-state index contributed by atoms with van der Waals surface area (Å²) < 4.78 is 0. The Labute approximate surface area is 154 Å². The van der Waals surface area contributed by atoms with Crippen molar-refractivity contribution < 1.29 is 9.59 Å². The quantitative estimate of drug-likeness (QED) is 0.572. The molecule has 26 heavy (non-hydrogen) atoms. The molecule has 0 aliphatic carbocycles. The second-order valence-corrected chi connectivity index (χ2v) is 6.68. The van der Waals surface area contributed by atoms with Crippen LogP contribution in [0.5, 0.6) is 0 Å². The van der Waals surface area contributed by atoms with E-state index in [1.165, 1.54) is 22.3 Å². The summed E-state index contributed by atoms with van der Waals surface area (Å²) in [6.45, 7) is 3.17. The van der Waals surface area contributed by atoms with E-state index in [1.807, 2.05) is 48.5 Å². The van der Waals surface area contributed by atoms with Crippen molar-refractivity contribution in [1.82, 2.24) is 0 Å². The van der Waals surface area contributed by atoms with Crippen molar-refractivity contribution in [2.75, 3.05) is 0 Å². The fourth-order valence-electron chi connectivity index (χ4n) is 2.96. The maximum Gasteiger partial charge on any atom is 0.159 e. The van der Waals surface area contributed by atoms with Crippen LogP contribution in [0, 0.1) is 0 Å². The van der Waals surface area contributed by atoms with Gasteiger partial charge in [-0.3, -0.25) is 9.59 Å². The molecule has 0 bridgehead atoms. The summed E-state index contributed by atoms with van der Waals surface area (Å²) in [6.07, 6.45) is 1.71. The lowest BCUT2D eigenvalue weighted by molar-refractivity contribution is 0.100. The molecule has 3 rings (SSSR count). The van der Waals surface area contributed by atoms with Crippen LogP contribution in [0.25, 0.3) is 0 Å². The van der Waals surface area contributed by atoms with Crippen LogP contribution in [0.4, 0.5) is 0 Å². The van der Waals surface area contributed by atoms with E-state index in [2.05, 4.69) is 24.3 Å². The molecule has 0 aliphatic heterocycles. The van der Waals surface area contributed by atoms with Gasteiger partial charge in [-0.25, -0.2) is 0 Å². The molecule has 2 nitrogen and oxygen atoms in total. The first kappa shape index (κ1) is 17.8. The van der Waals surface area contributed by atoms with Crippen molar-refractivity contribution in [2.45, 2.75) is 26.7 Å². The standard InChI is InChI=1S/C24H22O2/c1-17(25)23-11-7-21(8-12-23)15-19-3-5-20(6-4-19)16-22-9-13-24(14-10-22)18(2)26/h3-14H,15-16H2,1-2H3. The lowest BCUT2D eigenvalue weighted by atomic mass is 9.99. The number of ketones is 2. The largest absolute Gasteiger partial charge is 0.295 e. The van der Waals surface area contributed by atoms with E-state index in [-0.39, 0.29) is 11.6 Å². The predicted octanol–water partition coefficient (Wildman–Crippen LogP) is 5.27. The fourth-order valence-corrected chi connectivity index (χ4v) is 2.96. The molecule has 0 amide bonds. The Morgan fingerprint density at radius 3 is 0.962 bits per heavy atom. The minimum atomic E-state index is 0.0947. The second-order valence-electron chi connectivity index (χ2n) is 6.68. The van der Waals surface area contributed by atoms with Crippen LogP contribution in [-0.4, -0.2) is 11.6 Å². The Hall–Kier alpha value is -3.00. The van der Waals surface area contributed by atoms with E-state index < -0.39 is 0 Å². The number of benzene rings is 3. The maximum atomic E-state index is 11.3. The molecule has 3 aromatic rings. The fraction of sp³-hybridized carbons (Fsp3) is 0.167. The van der Waals surface area contributed by atoms with Crippen LogP contribution >= 0.6 is 0 Å². The van der Waals surface area contributed by atoms with Crippen LogP contribution in [0.3, 0.4) is 0 Å². The predicted molar refractivity (Wildman–Crippen MR) is 105 cm³/mol. The zero-order valence-electron chi connectivity index (χ0n) is 15.2. The molecule has 2 heteroatoms. The molecule has 0 saturated heterocycles. The first-order valence-electron chi connectivity index (χ1n) is 8.79. The topological polar surface area (TPSA) is 34.1 Å². The summed E-state index contributed by atoms with van der Waals surface area (Å²) in [5.74, 6) is 0.189. The van der Waals surface area contributed by atoms with Gasteiger partial charge in [0.25, 0.3) is 0 Å². The van der Waals surface area contributed by atoms with E-state index in [4.69, 9.17) is 0 Å². The van der Waals surface area contributed by atoms with E-state index in [0.29, 0.717) is 0 Å². The van der Waals surface area contributed by atoms with Gasteiger partial charge in [0.1, 0.15) is 0 Å². The summed E-state index contributed by atoms with van der Waals surface area (Å²) in [6, 6.07) is 24.2. The zero-order chi connectivity index (χ0) is 18.5. The van der Waals surface area contributed by atoms with Crippen LogP contribution < -0.4 is 0 Å². The van der Waals surface area contributed by atoms with Crippen molar-refractivity contribution in [3.8, 4) is 0 Å². The number of rotatable bonds is 6. The SMILES string of the molecule is CC(=O)c1ccc(Cc2ccc(Cc3ccc(C(C)=O)cc3)cc2)cc1. The molecular formula is C24H22O2. The second kappa shape index (κ2) is 7.92. The summed E-state index contributed by atoms with van der Waals surface area (Å²) in [5, 5.41) is 0. The molecule has 0 aliphatic rings. The molecule has 0 heterocycles. The molecule has 0 spiro atoms. The van der Waals surface area contributed by atoms with Crippen molar-refractivity contribution in [1.29, 1.82) is 0 Å². The first-order chi connectivity index (χ1) is 12.5. The summed E-state index contributed by atoms with van der Waals surface area (Å²) >= 11 is 0. The highest BCUT2D eigenvalue weighted by atomic mass is 16.1. The molecule has 0 aromatic heterocycles. The van der Waals surface area contributed by atoms with Crippen molar-refractivity contribution in [2.24, 2.45) is 0 Å². The third-order valence-corrected chi connectivity index (χ3v) is 4.56. The molecule has 0 N–H and O–H groups in total. The van der Waals surface area contributed by atoms with E-state index in [0.717, 1.165) is 24.0 Å². The van der Waals surface area contributed by atoms with Crippen molar-refractivity contribution in [3.05, 3.63) is 106 Å². The minimum absolute atomic E-state index is 0.0947. The van der Waals surface area contributed by atoms with Crippen molar-refractivity contribution >= 4 is 11.6 Å². The van der Waals surface area contributed by atoms with Gasteiger partial charge in [-0.05, 0) is 48.9 Å². The van der Waals surface area contributed by atoms with Crippen LogP contribution in [0.15, 0.2) is 72.8 Å². The third kappa shape index (κ3) is 4.54. The molecule has 3 aromatic carbocycles. The molecule has 130 valence electrons. The van der Waals surface area contributed by atoms with E-state index in [1.54, 1.807) is 13.8 Å². The number of hydrogen-bond acceptors (Lipinski definition) is 2. The molecule has 0 radical (unpaired) electrons. The molecule has 0 saturated carbocycles. The van der Waals surface area contributed by atoms with Gasteiger partial charge >= 0.3 is 0 Å². The van der Waals surface area contributed by atoms with E-state index in [9.17, 15) is 9.59 Å². The molecule has 0 unspecified atom stereocenters. The zero-order valence-corrected chi connectivity index (χ0v) is 15.2. The third-order valence-electron chi connectivity index (χ3n) is 4.56. The van der Waals surface area contributed by atoms with Gasteiger partial charge in [0, 0.05) is 11.1 Å². The Balaban J connectivity index is 1.64. The van der Waals surface area contributed by atoms with Gasteiger partial charge in [0.05, 0.1) is 0 Å². The van der Waals surface area contributed by atoms with E-state index >= 15 is 0 Å². The average Bonchev–Trinajstić information content (AvgIpc) is 2.64. The van der Waals surface area contributed by atoms with Gasteiger partial charge in [-0.1, -0.05) is 72.8 Å². The smallest absolute Gasteiger partial charge is 0.159 e. The number of Topliss-reactive ketones (excluding diaryl/α,β-unsaturated/α-hetero) is 2. The average molecular weight is 342 g/mol. The van der Waals surface area contributed by atoms with Crippen molar-refractivity contribution in [3.63, 3.8) is 0 Å². The highest BCUT2D eigenvalue weighted by Crippen LogP contribution is 2.15. The van der Waals surface area contributed by atoms with Gasteiger partial charge in [-0.2, -0.15) is 0 Å². The lowest BCUT2D eigenvalue weighted by Crippen LogP contribution is -1.95. The van der Waals surface area contributed by atoms with Gasteiger partial charge in [-0.15, -0.1) is 0 Å². The summed E-state index contributed by atoms with van der Waals surface area (Å²) in [7, 11) is 0. The van der Waals surface area contributed by atoms with Crippen LogP contribution in [0.1, 0.15) is 56.8 Å². The number of carbonyl (C=O) groups excluding carboxylic acids is 2. The highest BCUT2D eigenvalue weighted by Gasteiger charge is 2.03. The Bertz CT molecular complexity index is 823. The first-order valence-corrected chi connectivity index (χ1v) is 8.79.